The Hall–Kier alpha value is -1.39. The van der Waals surface area contributed by atoms with E-state index in [-0.39, 0.29) is 5.91 Å². The first kappa shape index (κ1) is 16.0. The lowest BCUT2D eigenvalue weighted by molar-refractivity contribution is -0.131. The standard InChI is InChI=1S/C17H26N2O2/c1-19(13-9-15-5-3-2-4-6-15)17(20)10-14-21-16-7-11-18-12-8-16/h2-6,16,18H,7-14H2,1H3. The summed E-state index contributed by atoms with van der Waals surface area (Å²) in [6, 6.07) is 10.3. The molecule has 2 rings (SSSR count). The normalized spacial score (nSPS) is 15.9. The van der Waals surface area contributed by atoms with Crippen LogP contribution < -0.4 is 5.32 Å². The van der Waals surface area contributed by atoms with Crippen LogP contribution in [0.15, 0.2) is 30.3 Å². The van der Waals surface area contributed by atoms with Crippen LogP contribution in [0, 0.1) is 0 Å². The zero-order valence-corrected chi connectivity index (χ0v) is 12.9. The molecule has 0 aliphatic carbocycles. The van der Waals surface area contributed by atoms with Crippen LogP contribution in [0.1, 0.15) is 24.8 Å². The first-order chi connectivity index (χ1) is 10.3. The number of amides is 1. The molecule has 1 aliphatic rings. The van der Waals surface area contributed by atoms with Crippen molar-refractivity contribution in [1.82, 2.24) is 10.2 Å². The first-order valence-corrected chi connectivity index (χ1v) is 7.86. The van der Waals surface area contributed by atoms with Gasteiger partial charge in [0.25, 0.3) is 0 Å². The van der Waals surface area contributed by atoms with E-state index >= 15 is 0 Å². The van der Waals surface area contributed by atoms with E-state index in [1.807, 2.05) is 25.2 Å². The second-order valence-corrected chi connectivity index (χ2v) is 5.62. The zero-order valence-electron chi connectivity index (χ0n) is 12.9. The van der Waals surface area contributed by atoms with Gasteiger partial charge in [0.2, 0.25) is 5.91 Å². The number of piperidine rings is 1. The van der Waals surface area contributed by atoms with Crippen LogP contribution in [0.5, 0.6) is 0 Å². The summed E-state index contributed by atoms with van der Waals surface area (Å²) in [5, 5.41) is 3.31. The van der Waals surface area contributed by atoms with E-state index in [1.165, 1.54) is 5.56 Å². The molecule has 1 heterocycles. The Morgan fingerprint density at radius 3 is 2.71 bits per heavy atom. The van der Waals surface area contributed by atoms with E-state index in [4.69, 9.17) is 4.74 Å². The third-order valence-electron chi connectivity index (χ3n) is 3.96. The van der Waals surface area contributed by atoms with Gasteiger partial charge in [-0.25, -0.2) is 0 Å². The van der Waals surface area contributed by atoms with E-state index in [9.17, 15) is 4.79 Å². The highest BCUT2D eigenvalue weighted by Gasteiger charge is 2.14. The molecule has 0 saturated carbocycles. The lowest BCUT2D eigenvalue weighted by Crippen LogP contribution is -2.34. The Bertz CT molecular complexity index is 416. The van der Waals surface area contributed by atoms with Crippen molar-refractivity contribution in [2.24, 2.45) is 0 Å². The smallest absolute Gasteiger partial charge is 0.224 e. The van der Waals surface area contributed by atoms with E-state index in [0.717, 1.165) is 38.9 Å². The fourth-order valence-corrected chi connectivity index (χ4v) is 2.53. The van der Waals surface area contributed by atoms with Gasteiger partial charge in [-0.15, -0.1) is 0 Å². The highest BCUT2D eigenvalue weighted by Crippen LogP contribution is 2.08. The largest absolute Gasteiger partial charge is 0.378 e. The van der Waals surface area contributed by atoms with Crippen LogP contribution in [0.4, 0.5) is 0 Å². The van der Waals surface area contributed by atoms with Crippen LogP contribution in [-0.4, -0.2) is 50.2 Å². The number of nitrogens with zero attached hydrogens (tertiary/aromatic N) is 1. The molecule has 21 heavy (non-hydrogen) atoms. The van der Waals surface area contributed by atoms with E-state index in [1.54, 1.807) is 4.90 Å². The minimum absolute atomic E-state index is 0.167. The van der Waals surface area contributed by atoms with Crippen LogP contribution in [-0.2, 0) is 16.0 Å². The monoisotopic (exact) mass is 290 g/mol. The molecule has 4 nitrogen and oxygen atoms in total. The summed E-state index contributed by atoms with van der Waals surface area (Å²) < 4.78 is 5.78. The van der Waals surface area contributed by atoms with Gasteiger partial charge in [-0.1, -0.05) is 30.3 Å². The molecule has 0 radical (unpaired) electrons. The summed E-state index contributed by atoms with van der Waals surface area (Å²) in [6.07, 6.45) is 3.82. The van der Waals surface area contributed by atoms with Crippen LogP contribution >= 0.6 is 0 Å². The number of carbonyl (C=O) groups is 1. The molecule has 1 fully saturated rings. The van der Waals surface area contributed by atoms with Crippen LogP contribution in [0.25, 0.3) is 0 Å². The van der Waals surface area contributed by atoms with E-state index in [0.29, 0.717) is 19.1 Å². The minimum Gasteiger partial charge on any atom is -0.378 e. The highest BCUT2D eigenvalue weighted by molar-refractivity contribution is 5.75. The lowest BCUT2D eigenvalue weighted by atomic mass is 10.1. The fraction of sp³-hybridized carbons (Fsp3) is 0.588. The zero-order chi connectivity index (χ0) is 14.9. The van der Waals surface area contributed by atoms with Crippen molar-refractivity contribution < 1.29 is 9.53 Å². The molecule has 0 aromatic heterocycles. The SMILES string of the molecule is CN(CCc1ccccc1)C(=O)CCOC1CCNCC1. The molecule has 1 aromatic rings. The Morgan fingerprint density at radius 1 is 1.29 bits per heavy atom. The van der Waals surface area contributed by atoms with Crippen molar-refractivity contribution in [3.63, 3.8) is 0 Å². The molecule has 1 amide bonds. The number of carbonyl (C=O) groups excluding carboxylic acids is 1. The molecule has 4 heteroatoms. The van der Waals surface area contributed by atoms with Crippen molar-refractivity contribution in [2.75, 3.05) is 33.3 Å². The van der Waals surface area contributed by atoms with E-state index in [2.05, 4.69) is 17.4 Å². The Labute approximate surface area is 127 Å². The first-order valence-electron chi connectivity index (χ1n) is 7.86. The molecule has 0 unspecified atom stereocenters. The average molecular weight is 290 g/mol. The minimum atomic E-state index is 0.167. The summed E-state index contributed by atoms with van der Waals surface area (Å²) in [6.45, 7) is 3.35. The molecular formula is C17H26N2O2. The summed E-state index contributed by atoms with van der Waals surface area (Å²) in [5.41, 5.74) is 1.27. The summed E-state index contributed by atoms with van der Waals surface area (Å²) in [5.74, 6) is 0.167. The molecule has 116 valence electrons. The van der Waals surface area contributed by atoms with Gasteiger partial charge in [0.1, 0.15) is 0 Å². The predicted octanol–water partition coefficient (Wildman–Crippen LogP) is 1.85. The van der Waals surface area contributed by atoms with Crippen molar-refractivity contribution in [3.8, 4) is 0 Å². The maximum Gasteiger partial charge on any atom is 0.224 e. The molecule has 0 spiro atoms. The van der Waals surface area contributed by atoms with Gasteiger partial charge in [-0.2, -0.15) is 0 Å². The van der Waals surface area contributed by atoms with Crippen molar-refractivity contribution in [3.05, 3.63) is 35.9 Å². The number of hydrogen-bond acceptors (Lipinski definition) is 3. The van der Waals surface area contributed by atoms with E-state index < -0.39 is 0 Å². The molecule has 0 atom stereocenters. The van der Waals surface area contributed by atoms with Gasteiger partial charge in [0.15, 0.2) is 0 Å². The van der Waals surface area contributed by atoms with Crippen molar-refractivity contribution in [2.45, 2.75) is 31.8 Å². The predicted molar refractivity (Wildman–Crippen MR) is 84.2 cm³/mol. The second kappa shape index (κ2) is 8.80. The summed E-state index contributed by atoms with van der Waals surface area (Å²) in [4.78, 5) is 13.8. The number of rotatable bonds is 7. The topological polar surface area (TPSA) is 41.6 Å². The summed E-state index contributed by atoms with van der Waals surface area (Å²) in [7, 11) is 1.87. The number of likely N-dealkylation sites (N-methyl/N-ethyl adjacent to an activating group) is 1. The number of ether oxygens (including phenoxy) is 1. The molecule has 1 aromatic carbocycles. The molecule has 0 bridgehead atoms. The van der Waals surface area contributed by atoms with Gasteiger partial charge < -0.3 is 15.0 Å². The van der Waals surface area contributed by atoms with Crippen LogP contribution in [0.2, 0.25) is 0 Å². The second-order valence-electron chi connectivity index (χ2n) is 5.62. The van der Waals surface area contributed by atoms with Gasteiger partial charge in [0, 0.05) is 13.6 Å². The Kier molecular flexibility index (Phi) is 6.70. The maximum atomic E-state index is 12.0. The summed E-state index contributed by atoms with van der Waals surface area (Å²) >= 11 is 0. The Balaban J connectivity index is 1.60. The number of nitrogens with one attached hydrogen (secondary N) is 1. The molecule has 1 saturated heterocycles. The van der Waals surface area contributed by atoms with Gasteiger partial charge in [-0.3, -0.25) is 4.79 Å². The van der Waals surface area contributed by atoms with Gasteiger partial charge in [0.05, 0.1) is 19.1 Å². The highest BCUT2D eigenvalue weighted by atomic mass is 16.5. The Morgan fingerprint density at radius 2 is 2.00 bits per heavy atom. The third-order valence-corrected chi connectivity index (χ3v) is 3.96. The van der Waals surface area contributed by atoms with Crippen molar-refractivity contribution in [1.29, 1.82) is 0 Å². The fourth-order valence-electron chi connectivity index (χ4n) is 2.53. The van der Waals surface area contributed by atoms with Crippen molar-refractivity contribution >= 4 is 5.91 Å². The average Bonchev–Trinajstić information content (AvgIpc) is 2.54. The quantitative estimate of drug-likeness (QED) is 0.833. The lowest BCUT2D eigenvalue weighted by Gasteiger charge is -2.23. The number of benzene rings is 1. The van der Waals surface area contributed by atoms with Crippen LogP contribution in [0.3, 0.4) is 0 Å². The third kappa shape index (κ3) is 5.86. The number of hydrogen-bond donors (Lipinski definition) is 1. The molecule has 1 N–H and O–H groups in total. The van der Waals surface area contributed by atoms with Gasteiger partial charge in [-0.05, 0) is 37.9 Å². The molecular weight excluding hydrogens is 264 g/mol. The maximum absolute atomic E-state index is 12.0. The van der Waals surface area contributed by atoms with Gasteiger partial charge >= 0.3 is 0 Å². The molecule has 1 aliphatic heterocycles.